The largest absolute Gasteiger partial charge is 0.203 e. The van der Waals surface area contributed by atoms with Crippen molar-refractivity contribution in [3.63, 3.8) is 0 Å². The molecule has 3 aromatic carbocycles. The summed E-state index contributed by atoms with van der Waals surface area (Å²) in [7, 11) is 0. The van der Waals surface area contributed by atoms with Crippen molar-refractivity contribution in [3.05, 3.63) is 89.0 Å². The highest BCUT2D eigenvalue weighted by atomic mass is 19.2. The first kappa shape index (κ1) is 30.6. The Morgan fingerprint density at radius 3 is 1.79 bits per heavy atom. The standard InChI is InChI=1S/C38H44F4/c1-3-5-6-8-31-21-22-32(36(40)35(31)39)29-17-19-30(20-18-29)34-24-23-33(37(41)38(34)42)28-15-13-27(14-16-28)26-11-9-25(7-4-2)10-12-26/h15,17-27H,3-14,16H2,1-2H3. The quantitative estimate of drug-likeness (QED) is 0.166. The molecular formula is C38H44F4. The summed E-state index contributed by atoms with van der Waals surface area (Å²) in [5.74, 6) is -1.05. The monoisotopic (exact) mass is 576 g/mol. The molecule has 0 spiro atoms. The van der Waals surface area contributed by atoms with Crippen molar-refractivity contribution in [1.82, 2.24) is 0 Å². The zero-order valence-corrected chi connectivity index (χ0v) is 25.1. The van der Waals surface area contributed by atoms with Gasteiger partial charge in [-0.3, -0.25) is 0 Å². The number of hydrogen-bond acceptors (Lipinski definition) is 0. The zero-order chi connectivity index (χ0) is 29.6. The van der Waals surface area contributed by atoms with Crippen LogP contribution in [-0.2, 0) is 6.42 Å². The first-order chi connectivity index (χ1) is 20.4. The van der Waals surface area contributed by atoms with Crippen LogP contribution in [0.1, 0.15) is 102 Å². The average molecular weight is 577 g/mol. The van der Waals surface area contributed by atoms with Crippen molar-refractivity contribution in [2.45, 2.75) is 97.3 Å². The van der Waals surface area contributed by atoms with Crippen molar-refractivity contribution in [2.24, 2.45) is 17.8 Å². The van der Waals surface area contributed by atoms with Crippen LogP contribution < -0.4 is 0 Å². The van der Waals surface area contributed by atoms with E-state index in [0.717, 1.165) is 55.9 Å². The van der Waals surface area contributed by atoms with E-state index in [2.05, 4.69) is 19.9 Å². The minimum absolute atomic E-state index is 0.164. The Kier molecular flexibility index (Phi) is 10.2. The molecule has 0 saturated heterocycles. The SMILES string of the molecule is CCCCCc1ccc(-c2ccc(-c3ccc(C4=CCC(C5CCC(CCC)CC5)CC4)c(F)c3F)cc2)c(F)c1F. The molecule has 0 amide bonds. The van der Waals surface area contributed by atoms with Gasteiger partial charge in [-0.15, -0.1) is 0 Å². The Balaban J connectivity index is 1.27. The van der Waals surface area contributed by atoms with Gasteiger partial charge in [0.25, 0.3) is 0 Å². The van der Waals surface area contributed by atoms with Gasteiger partial charge in [0.15, 0.2) is 23.3 Å². The Bertz CT molecular complexity index is 1380. The molecule has 42 heavy (non-hydrogen) atoms. The lowest BCUT2D eigenvalue weighted by Gasteiger charge is -2.35. The maximum absolute atomic E-state index is 15.4. The van der Waals surface area contributed by atoms with Crippen LogP contribution in [0.3, 0.4) is 0 Å². The lowest BCUT2D eigenvalue weighted by molar-refractivity contribution is 0.189. The van der Waals surface area contributed by atoms with E-state index in [9.17, 15) is 8.78 Å². The van der Waals surface area contributed by atoms with Gasteiger partial charge in [0.1, 0.15) is 0 Å². The van der Waals surface area contributed by atoms with Gasteiger partial charge in [-0.25, -0.2) is 17.6 Å². The van der Waals surface area contributed by atoms with Crippen molar-refractivity contribution in [3.8, 4) is 22.3 Å². The van der Waals surface area contributed by atoms with E-state index in [0.29, 0.717) is 34.6 Å². The fourth-order valence-corrected chi connectivity index (χ4v) is 7.30. The second-order valence-electron chi connectivity index (χ2n) is 12.6. The lowest BCUT2D eigenvalue weighted by atomic mass is 9.70. The first-order valence-electron chi connectivity index (χ1n) is 16.2. The van der Waals surface area contributed by atoms with Crippen molar-refractivity contribution in [2.75, 3.05) is 0 Å². The van der Waals surface area contributed by atoms with Crippen LogP contribution in [0.5, 0.6) is 0 Å². The fourth-order valence-electron chi connectivity index (χ4n) is 7.30. The Labute approximate surface area is 249 Å². The van der Waals surface area contributed by atoms with Crippen LogP contribution in [-0.4, -0.2) is 0 Å². The molecule has 0 bridgehead atoms. The number of aryl methyl sites for hydroxylation is 1. The number of hydrogen-bond donors (Lipinski definition) is 0. The van der Waals surface area contributed by atoms with E-state index in [4.69, 9.17) is 0 Å². The minimum Gasteiger partial charge on any atom is -0.203 e. The maximum atomic E-state index is 15.4. The lowest BCUT2D eigenvalue weighted by Crippen LogP contribution is -2.23. The molecule has 0 heterocycles. The van der Waals surface area contributed by atoms with Gasteiger partial charge < -0.3 is 0 Å². The normalized spacial score (nSPS) is 20.9. The predicted molar refractivity (Wildman–Crippen MR) is 166 cm³/mol. The zero-order valence-electron chi connectivity index (χ0n) is 25.1. The van der Waals surface area contributed by atoms with E-state index in [-0.39, 0.29) is 11.1 Å². The molecule has 2 aliphatic rings. The average Bonchev–Trinajstić information content (AvgIpc) is 3.02. The fraction of sp³-hybridized carbons (Fsp3) is 0.474. The molecule has 0 N–H and O–H groups in total. The molecule has 0 radical (unpaired) electrons. The third kappa shape index (κ3) is 6.68. The highest BCUT2D eigenvalue weighted by Crippen LogP contribution is 2.43. The molecule has 2 aliphatic carbocycles. The molecule has 5 rings (SSSR count). The van der Waals surface area contributed by atoms with Gasteiger partial charge in [0.2, 0.25) is 0 Å². The van der Waals surface area contributed by atoms with Gasteiger partial charge in [-0.05, 0) is 85.0 Å². The third-order valence-electron chi connectivity index (χ3n) is 9.85. The Morgan fingerprint density at radius 1 is 0.595 bits per heavy atom. The minimum atomic E-state index is -0.870. The second kappa shape index (κ2) is 14.1. The predicted octanol–water partition coefficient (Wildman–Crippen LogP) is 12.1. The van der Waals surface area contributed by atoms with Crippen LogP contribution in [0.15, 0.2) is 54.6 Å². The topological polar surface area (TPSA) is 0 Å². The van der Waals surface area contributed by atoms with E-state index in [1.54, 1.807) is 48.5 Å². The van der Waals surface area contributed by atoms with Gasteiger partial charge in [-0.2, -0.15) is 0 Å². The third-order valence-corrected chi connectivity index (χ3v) is 9.85. The van der Waals surface area contributed by atoms with Crippen molar-refractivity contribution in [1.29, 1.82) is 0 Å². The highest BCUT2D eigenvalue weighted by molar-refractivity contribution is 5.74. The van der Waals surface area contributed by atoms with Crippen molar-refractivity contribution < 1.29 is 17.6 Å². The Morgan fingerprint density at radius 2 is 1.19 bits per heavy atom. The molecule has 0 aromatic heterocycles. The molecule has 1 saturated carbocycles. The molecular weight excluding hydrogens is 532 g/mol. The molecule has 1 atom stereocenters. The summed E-state index contributed by atoms with van der Waals surface area (Å²) in [4.78, 5) is 0. The summed E-state index contributed by atoms with van der Waals surface area (Å²) in [6, 6.07) is 13.1. The van der Waals surface area contributed by atoms with Crippen LogP contribution in [0.25, 0.3) is 27.8 Å². The van der Waals surface area contributed by atoms with Gasteiger partial charge in [0, 0.05) is 16.7 Å². The van der Waals surface area contributed by atoms with Crippen LogP contribution >= 0.6 is 0 Å². The second-order valence-corrected chi connectivity index (χ2v) is 12.6. The molecule has 224 valence electrons. The molecule has 1 unspecified atom stereocenters. The van der Waals surface area contributed by atoms with Crippen LogP contribution in [0, 0.1) is 41.0 Å². The number of unbranched alkanes of at least 4 members (excludes halogenated alkanes) is 2. The summed E-state index contributed by atoms with van der Waals surface area (Å²) in [6.07, 6.45) is 16.1. The van der Waals surface area contributed by atoms with E-state index >= 15 is 8.78 Å². The van der Waals surface area contributed by atoms with Gasteiger partial charge >= 0.3 is 0 Å². The smallest absolute Gasteiger partial charge is 0.167 e. The summed E-state index contributed by atoms with van der Waals surface area (Å²) in [5, 5.41) is 0. The number of halogens is 4. The Hall–Kier alpha value is -2.88. The summed E-state index contributed by atoms with van der Waals surface area (Å²) in [5.41, 5.74) is 2.96. The molecule has 1 fully saturated rings. The molecule has 4 heteroatoms. The van der Waals surface area contributed by atoms with Gasteiger partial charge in [0.05, 0.1) is 0 Å². The summed E-state index contributed by atoms with van der Waals surface area (Å²) >= 11 is 0. The van der Waals surface area contributed by atoms with Crippen LogP contribution in [0.2, 0.25) is 0 Å². The number of benzene rings is 3. The van der Waals surface area contributed by atoms with Crippen molar-refractivity contribution >= 4 is 5.57 Å². The molecule has 0 aliphatic heterocycles. The van der Waals surface area contributed by atoms with E-state index in [1.807, 2.05) is 0 Å². The number of allylic oxidation sites excluding steroid dienone is 2. The highest BCUT2D eigenvalue weighted by Gasteiger charge is 2.29. The van der Waals surface area contributed by atoms with E-state index in [1.165, 1.54) is 38.5 Å². The number of rotatable bonds is 10. The molecule has 0 nitrogen and oxygen atoms in total. The molecule has 3 aromatic rings. The summed E-state index contributed by atoms with van der Waals surface area (Å²) < 4.78 is 60.3. The first-order valence-corrected chi connectivity index (χ1v) is 16.2. The maximum Gasteiger partial charge on any atom is 0.167 e. The summed E-state index contributed by atoms with van der Waals surface area (Å²) in [6.45, 7) is 4.34. The van der Waals surface area contributed by atoms with E-state index < -0.39 is 23.3 Å². The van der Waals surface area contributed by atoms with Crippen LogP contribution in [0.4, 0.5) is 17.6 Å². The van der Waals surface area contributed by atoms with Gasteiger partial charge in [-0.1, -0.05) is 107 Å².